The van der Waals surface area contributed by atoms with E-state index >= 15 is 0 Å². The van der Waals surface area contributed by atoms with Gasteiger partial charge in [-0.2, -0.15) is 0 Å². The van der Waals surface area contributed by atoms with E-state index < -0.39 is 0 Å². The Morgan fingerprint density at radius 1 is 0.722 bits per heavy atom. The van der Waals surface area contributed by atoms with Gasteiger partial charge in [0.15, 0.2) is 0 Å². The molecular formula is C34H43NO. The van der Waals surface area contributed by atoms with Gasteiger partial charge in [-0.15, -0.1) is 0 Å². The molecule has 0 aliphatic heterocycles. The lowest BCUT2D eigenvalue weighted by molar-refractivity contribution is 0.306. The van der Waals surface area contributed by atoms with Crippen LogP contribution in [0.3, 0.4) is 0 Å². The summed E-state index contributed by atoms with van der Waals surface area (Å²) in [7, 11) is 0. The molecule has 1 N–H and O–H groups in total. The van der Waals surface area contributed by atoms with E-state index in [-0.39, 0.29) is 10.8 Å². The predicted octanol–water partition coefficient (Wildman–Crippen LogP) is 8.67. The van der Waals surface area contributed by atoms with E-state index in [2.05, 4.69) is 99.7 Å². The van der Waals surface area contributed by atoms with Crippen LogP contribution in [-0.4, -0.2) is 19.2 Å². The zero-order valence-corrected chi connectivity index (χ0v) is 22.7. The Morgan fingerprint density at radius 2 is 1.44 bits per heavy atom. The molecule has 0 bridgehead atoms. The molecule has 190 valence electrons. The Bertz CT molecular complexity index is 1170. The van der Waals surface area contributed by atoms with Crippen molar-refractivity contribution < 1.29 is 4.74 Å². The van der Waals surface area contributed by atoms with Gasteiger partial charge in [0, 0.05) is 11.6 Å². The second-order valence-electron chi connectivity index (χ2n) is 12.2. The smallest absolute Gasteiger partial charge is 0.127 e. The van der Waals surface area contributed by atoms with Crippen LogP contribution in [0.15, 0.2) is 66.7 Å². The molecule has 2 aliphatic rings. The van der Waals surface area contributed by atoms with Gasteiger partial charge >= 0.3 is 0 Å². The fourth-order valence-electron chi connectivity index (χ4n) is 5.63. The van der Waals surface area contributed by atoms with Crippen molar-refractivity contribution in [2.45, 2.75) is 89.5 Å². The molecule has 2 nitrogen and oxygen atoms in total. The predicted molar refractivity (Wildman–Crippen MR) is 153 cm³/mol. The molecule has 0 amide bonds. The normalized spacial score (nSPS) is 18.0. The minimum absolute atomic E-state index is 0.188. The maximum Gasteiger partial charge on any atom is 0.127 e. The highest BCUT2D eigenvalue weighted by Gasteiger charge is 2.37. The maximum atomic E-state index is 6.44. The zero-order valence-electron chi connectivity index (χ0n) is 22.7. The molecule has 3 aromatic rings. The third-order valence-electron chi connectivity index (χ3n) is 8.34. The second kappa shape index (κ2) is 10.4. The number of benzene rings is 3. The highest BCUT2D eigenvalue weighted by atomic mass is 16.5. The van der Waals surface area contributed by atoms with E-state index in [0.29, 0.717) is 0 Å². The molecule has 0 spiro atoms. The Balaban J connectivity index is 1.41. The molecule has 3 aromatic carbocycles. The van der Waals surface area contributed by atoms with Crippen LogP contribution in [-0.2, 0) is 10.8 Å². The second-order valence-corrected chi connectivity index (χ2v) is 12.2. The Kier molecular flexibility index (Phi) is 7.26. The molecule has 0 aromatic heterocycles. The largest absolute Gasteiger partial charge is 0.493 e. The minimum atomic E-state index is 0.188. The van der Waals surface area contributed by atoms with Gasteiger partial charge in [0.05, 0.1) is 6.61 Å². The van der Waals surface area contributed by atoms with E-state index in [0.717, 1.165) is 31.4 Å². The first-order valence-corrected chi connectivity index (χ1v) is 14.0. The fraction of sp³-hybridized carbons (Fsp3) is 0.471. The first-order valence-electron chi connectivity index (χ1n) is 14.0. The Morgan fingerprint density at radius 3 is 2.19 bits per heavy atom. The van der Waals surface area contributed by atoms with Crippen LogP contribution in [0.2, 0.25) is 0 Å². The summed E-state index contributed by atoms with van der Waals surface area (Å²) in [5, 5.41) is 3.61. The van der Waals surface area contributed by atoms with Crippen LogP contribution in [0.25, 0.3) is 22.3 Å². The summed E-state index contributed by atoms with van der Waals surface area (Å²) in [6, 6.07) is 25.4. The highest BCUT2D eigenvalue weighted by Crippen LogP contribution is 2.47. The summed E-state index contributed by atoms with van der Waals surface area (Å²) >= 11 is 0. The molecular weight excluding hydrogens is 438 g/mol. The lowest BCUT2D eigenvalue weighted by atomic mass is 9.63. The topological polar surface area (TPSA) is 21.3 Å². The van der Waals surface area contributed by atoms with Gasteiger partial charge in [-0.3, -0.25) is 0 Å². The number of nitrogens with one attached hydrogen (secondary N) is 1. The summed E-state index contributed by atoms with van der Waals surface area (Å²) in [4.78, 5) is 0. The van der Waals surface area contributed by atoms with E-state index in [1.807, 2.05) is 0 Å². The number of fused-ring (bicyclic) bond motifs is 1. The number of ether oxygens (including phenoxy) is 1. The van der Waals surface area contributed by atoms with E-state index in [4.69, 9.17) is 4.74 Å². The van der Waals surface area contributed by atoms with Gasteiger partial charge < -0.3 is 10.1 Å². The van der Waals surface area contributed by atoms with Crippen LogP contribution in [0, 0.1) is 0 Å². The molecule has 1 fully saturated rings. The number of hydrogen-bond donors (Lipinski definition) is 1. The summed E-state index contributed by atoms with van der Waals surface area (Å²) in [6.45, 7) is 11.5. The fourth-order valence-corrected chi connectivity index (χ4v) is 5.63. The molecule has 2 heteroatoms. The molecule has 0 saturated heterocycles. The first kappa shape index (κ1) is 25.1. The van der Waals surface area contributed by atoms with Crippen LogP contribution in [0.5, 0.6) is 5.75 Å². The summed E-state index contributed by atoms with van der Waals surface area (Å²) in [6.07, 6.45) is 8.72. The van der Waals surface area contributed by atoms with Gasteiger partial charge in [-0.25, -0.2) is 0 Å². The third kappa shape index (κ3) is 5.70. The van der Waals surface area contributed by atoms with Crippen LogP contribution in [0.4, 0.5) is 0 Å². The van der Waals surface area contributed by atoms with E-state index in [9.17, 15) is 0 Å². The monoisotopic (exact) mass is 481 g/mol. The molecule has 0 unspecified atom stereocenters. The standard InChI is InChI=1S/C34H43NO/c1-33(2)19-20-34(3,4)31-24-27(13-17-30(31)33)29-23-26(25-11-7-5-8-12-25)14-18-32(29)36-22-10-6-9-21-35-28-15-16-28/h5,7-8,11-14,17-18,23-24,28,35H,6,9-10,15-16,19-22H2,1-4H3. The maximum absolute atomic E-state index is 6.44. The lowest BCUT2D eigenvalue weighted by Crippen LogP contribution is -2.33. The SMILES string of the molecule is CC1(C)CCC(C)(C)c2cc(-c3cc(-c4ccccc4)ccc3OCCCCCNC3CC3)ccc21. The average molecular weight is 482 g/mol. The zero-order chi connectivity index (χ0) is 25.2. The Hall–Kier alpha value is -2.58. The van der Waals surface area contributed by atoms with Crippen molar-refractivity contribution in [2.75, 3.05) is 13.2 Å². The van der Waals surface area contributed by atoms with Gasteiger partial charge in [-0.1, -0.05) is 82.3 Å². The Labute approximate surface area is 218 Å². The molecule has 0 atom stereocenters. The lowest BCUT2D eigenvalue weighted by Gasteiger charge is -2.42. The summed E-state index contributed by atoms with van der Waals surface area (Å²) in [5.74, 6) is 0.999. The minimum Gasteiger partial charge on any atom is -0.493 e. The molecule has 36 heavy (non-hydrogen) atoms. The third-order valence-corrected chi connectivity index (χ3v) is 8.34. The molecule has 1 saturated carbocycles. The average Bonchev–Trinajstić information content (AvgIpc) is 3.71. The highest BCUT2D eigenvalue weighted by molar-refractivity contribution is 5.78. The van der Waals surface area contributed by atoms with Crippen molar-refractivity contribution in [3.63, 3.8) is 0 Å². The van der Waals surface area contributed by atoms with Gasteiger partial charge in [-0.05, 0) is 102 Å². The quantitative estimate of drug-likeness (QED) is 0.292. The number of unbranched alkanes of at least 4 members (excludes halogenated alkanes) is 2. The van der Waals surface area contributed by atoms with Gasteiger partial charge in [0.2, 0.25) is 0 Å². The molecule has 5 rings (SSSR count). The van der Waals surface area contributed by atoms with Gasteiger partial charge in [0.1, 0.15) is 5.75 Å². The van der Waals surface area contributed by atoms with Crippen molar-refractivity contribution in [1.82, 2.24) is 5.32 Å². The van der Waals surface area contributed by atoms with Crippen molar-refractivity contribution in [3.05, 3.63) is 77.9 Å². The molecule has 2 aliphatic carbocycles. The van der Waals surface area contributed by atoms with Crippen molar-refractivity contribution >= 4 is 0 Å². The van der Waals surface area contributed by atoms with E-state index in [1.54, 1.807) is 0 Å². The first-order chi connectivity index (χ1) is 17.3. The van der Waals surface area contributed by atoms with E-state index in [1.165, 1.54) is 71.9 Å². The summed E-state index contributed by atoms with van der Waals surface area (Å²) < 4.78 is 6.44. The molecule has 0 heterocycles. The van der Waals surface area contributed by atoms with Gasteiger partial charge in [0.25, 0.3) is 0 Å². The molecule has 0 radical (unpaired) electrons. The van der Waals surface area contributed by atoms with Crippen LogP contribution >= 0.6 is 0 Å². The van der Waals surface area contributed by atoms with Crippen LogP contribution in [0.1, 0.15) is 83.8 Å². The summed E-state index contributed by atoms with van der Waals surface area (Å²) in [5.41, 5.74) is 8.36. The number of hydrogen-bond acceptors (Lipinski definition) is 2. The number of rotatable bonds is 10. The van der Waals surface area contributed by atoms with Crippen LogP contribution < -0.4 is 10.1 Å². The van der Waals surface area contributed by atoms with Crippen molar-refractivity contribution in [1.29, 1.82) is 0 Å². The van der Waals surface area contributed by atoms with Crippen molar-refractivity contribution in [3.8, 4) is 28.0 Å². The van der Waals surface area contributed by atoms with Crippen molar-refractivity contribution in [2.24, 2.45) is 0 Å².